The molecule has 0 aliphatic rings. The number of hydrogen-bond acceptors (Lipinski definition) is 3. The molecule has 4 N–H and O–H groups in total. The van der Waals surface area contributed by atoms with E-state index in [-0.39, 0.29) is 23.4 Å². The number of hydrogen-bond donors (Lipinski definition) is 3. The lowest BCUT2D eigenvalue weighted by molar-refractivity contribution is 0.0933. The van der Waals surface area contributed by atoms with Crippen LogP contribution in [0.4, 0.5) is 5.69 Å². The van der Waals surface area contributed by atoms with Crippen molar-refractivity contribution < 1.29 is 9.90 Å². The molecule has 0 fully saturated rings. The fourth-order valence-electron chi connectivity index (χ4n) is 1.68. The maximum atomic E-state index is 11.9. The van der Waals surface area contributed by atoms with E-state index in [1.807, 2.05) is 6.92 Å². The first-order chi connectivity index (χ1) is 8.08. The van der Waals surface area contributed by atoms with Gasteiger partial charge < -0.3 is 16.2 Å². The Hall–Kier alpha value is -1.71. The van der Waals surface area contributed by atoms with Crippen LogP contribution in [0, 0.1) is 0 Å². The molecule has 1 unspecified atom stereocenters. The van der Waals surface area contributed by atoms with Gasteiger partial charge in [-0.25, -0.2) is 0 Å². The third-order valence-electron chi connectivity index (χ3n) is 2.76. The zero-order valence-electron chi connectivity index (χ0n) is 10.4. The van der Waals surface area contributed by atoms with Gasteiger partial charge in [-0.05, 0) is 31.0 Å². The highest BCUT2D eigenvalue weighted by Crippen LogP contribution is 2.20. The minimum atomic E-state index is -0.166. The Morgan fingerprint density at radius 3 is 2.71 bits per heavy atom. The third-order valence-corrected chi connectivity index (χ3v) is 2.76. The van der Waals surface area contributed by atoms with Gasteiger partial charge in [0.25, 0.3) is 5.91 Å². The predicted octanol–water partition coefficient (Wildman–Crippen LogP) is 2.28. The van der Waals surface area contributed by atoms with Gasteiger partial charge in [-0.2, -0.15) is 0 Å². The molecule has 1 aromatic carbocycles. The molecular formula is C13H20N2O2. The van der Waals surface area contributed by atoms with Crippen LogP contribution in [0.5, 0.6) is 5.75 Å². The van der Waals surface area contributed by atoms with Gasteiger partial charge in [0.15, 0.2) is 0 Å². The van der Waals surface area contributed by atoms with Crippen LogP contribution in [-0.4, -0.2) is 17.1 Å². The van der Waals surface area contributed by atoms with Gasteiger partial charge in [0.1, 0.15) is 5.75 Å². The lowest BCUT2D eigenvalue weighted by Gasteiger charge is -2.16. The number of benzene rings is 1. The molecule has 0 aliphatic heterocycles. The molecule has 94 valence electrons. The van der Waals surface area contributed by atoms with Crippen LogP contribution < -0.4 is 11.1 Å². The van der Waals surface area contributed by atoms with E-state index in [2.05, 4.69) is 12.2 Å². The van der Waals surface area contributed by atoms with Crippen molar-refractivity contribution in [2.24, 2.45) is 0 Å². The minimum absolute atomic E-state index is 0.0545. The lowest BCUT2D eigenvalue weighted by Crippen LogP contribution is -2.34. The maximum Gasteiger partial charge on any atom is 0.251 e. The molecule has 1 rings (SSSR count). The molecule has 17 heavy (non-hydrogen) atoms. The summed E-state index contributed by atoms with van der Waals surface area (Å²) in [7, 11) is 0. The number of carbonyl (C=O) groups is 1. The van der Waals surface area contributed by atoms with Crippen molar-refractivity contribution in [2.75, 3.05) is 5.73 Å². The van der Waals surface area contributed by atoms with Gasteiger partial charge in [-0.3, -0.25) is 4.79 Å². The summed E-state index contributed by atoms with van der Waals surface area (Å²) in [6, 6.07) is 4.73. The number of phenols is 1. The zero-order valence-corrected chi connectivity index (χ0v) is 10.4. The second kappa shape index (κ2) is 6.13. The Morgan fingerprint density at radius 1 is 1.47 bits per heavy atom. The average Bonchev–Trinajstić information content (AvgIpc) is 2.31. The Balaban J connectivity index is 2.72. The van der Waals surface area contributed by atoms with Crippen molar-refractivity contribution >= 4 is 11.6 Å². The van der Waals surface area contributed by atoms with E-state index in [4.69, 9.17) is 5.73 Å². The Labute approximate surface area is 102 Å². The molecule has 0 aliphatic carbocycles. The minimum Gasteiger partial charge on any atom is -0.506 e. The van der Waals surface area contributed by atoms with E-state index in [1.165, 1.54) is 12.1 Å². The number of anilines is 1. The lowest BCUT2D eigenvalue weighted by atomic mass is 10.1. The van der Waals surface area contributed by atoms with Crippen LogP contribution in [0.2, 0.25) is 0 Å². The SMILES string of the molecule is CCCC(CC)NC(=O)c1ccc(N)c(O)c1. The molecule has 0 heterocycles. The van der Waals surface area contributed by atoms with Gasteiger partial charge >= 0.3 is 0 Å². The normalized spacial score (nSPS) is 12.1. The summed E-state index contributed by atoms with van der Waals surface area (Å²) in [5.74, 6) is -0.221. The Kier molecular flexibility index (Phi) is 4.82. The molecule has 0 saturated carbocycles. The first kappa shape index (κ1) is 13.4. The number of phenolic OH excluding ortho intramolecular Hbond substituents is 1. The Bertz CT molecular complexity index is 391. The van der Waals surface area contributed by atoms with Crippen molar-refractivity contribution in [3.8, 4) is 5.75 Å². The standard InChI is InChI=1S/C13H20N2O2/c1-3-5-10(4-2)15-13(17)9-6-7-11(14)12(16)8-9/h6-8,10,16H,3-5,14H2,1-2H3,(H,15,17). The van der Waals surface area contributed by atoms with Gasteiger partial charge in [-0.1, -0.05) is 20.3 Å². The van der Waals surface area contributed by atoms with Gasteiger partial charge in [0, 0.05) is 11.6 Å². The zero-order chi connectivity index (χ0) is 12.8. The molecule has 1 atom stereocenters. The van der Waals surface area contributed by atoms with Gasteiger partial charge in [0.2, 0.25) is 0 Å². The summed E-state index contributed by atoms with van der Waals surface area (Å²) in [5, 5.41) is 12.4. The molecule has 0 saturated heterocycles. The average molecular weight is 236 g/mol. The highest BCUT2D eigenvalue weighted by Gasteiger charge is 2.12. The van der Waals surface area contributed by atoms with Crippen molar-refractivity contribution in [1.29, 1.82) is 0 Å². The van der Waals surface area contributed by atoms with Crippen LogP contribution in [0.25, 0.3) is 0 Å². The summed E-state index contributed by atoms with van der Waals surface area (Å²) in [6.07, 6.45) is 2.90. The summed E-state index contributed by atoms with van der Waals surface area (Å²) in [4.78, 5) is 11.9. The number of nitrogens with two attached hydrogens (primary N) is 1. The smallest absolute Gasteiger partial charge is 0.251 e. The fourth-order valence-corrected chi connectivity index (χ4v) is 1.68. The van der Waals surface area contributed by atoms with E-state index >= 15 is 0 Å². The second-order valence-electron chi connectivity index (χ2n) is 4.14. The van der Waals surface area contributed by atoms with Crippen LogP contribution in [0.3, 0.4) is 0 Å². The van der Waals surface area contributed by atoms with E-state index in [0.717, 1.165) is 19.3 Å². The molecule has 0 radical (unpaired) electrons. The monoisotopic (exact) mass is 236 g/mol. The van der Waals surface area contributed by atoms with E-state index in [0.29, 0.717) is 5.56 Å². The number of amides is 1. The van der Waals surface area contributed by atoms with Crippen molar-refractivity contribution in [1.82, 2.24) is 5.32 Å². The molecule has 1 aromatic rings. The summed E-state index contributed by atoms with van der Waals surface area (Å²) < 4.78 is 0. The van der Waals surface area contributed by atoms with Crippen LogP contribution in [-0.2, 0) is 0 Å². The van der Waals surface area contributed by atoms with Gasteiger partial charge in [0.05, 0.1) is 5.69 Å². The summed E-state index contributed by atoms with van der Waals surface area (Å²) >= 11 is 0. The largest absolute Gasteiger partial charge is 0.506 e. The third kappa shape index (κ3) is 3.66. The highest BCUT2D eigenvalue weighted by atomic mass is 16.3. The number of nitrogen functional groups attached to an aromatic ring is 1. The molecule has 4 nitrogen and oxygen atoms in total. The number of carbonyl (C=O) groups excluding carboxylic acids is 1. The maximum absolute atomic E-state index is 11.9. The van der Waals surface area contributed by atoms with Crippen molar-refractivity contribution in [3.63, 3.8) is 0 Å². The van der Waals surface area contributed by atoms with Crippen molar-refractivity contribution in [3.05, 3.63) is 23.8 Å². The van der Waals surface area contributed by atoms with Crippen LogP contribution in [0.1, 0.15) is 43.5 Å². The van der Waals surface area contributed by atoms with Crippen LogP contribution >= 0.6 is 0 Å². The quantitative estimate of drug-likeness (QED) is 0.542. The molecule has 0 bridgehead atoms. The van der Waals surface area contributed by atoms with E-state index in [1.54, 1.807) is 6.07 Å². The molecular weight excluding hydrogens is 216 g/mol. The fraction of sp³-hybridized carbons (Fsp3) is 0.462. The molecule has 4 heteroatoms. The van der Waals surface area contributed by atoms with E-state index in [9.17, 15) is 9.90 Å². The van der Waals surface area contributed by atoms with Gasteiger partial charge in [-0.15, -0.1) is 0 Å². The number of nitrogens with one attached hydrogen (secondary N) is 1. The topological polar surface area (TPSA) is 75.4 Å². The summed E-state index contributed by atoms with van der Waals surface area (Å²) in [5.41, 5.74) is 6.20. The Morgan fingerprint density at radius 2 is 2.18 bits per heavy atom. The second-order valence-corrected chi connectivity index (χ2v) is 4.14. The highest BCUT2D eigenvalue weighted by molar-refractivity contribution is 5.95. The summed E-state index contributed by atoms with van der Waals surface area (Å²) in [6.45, 7) is 4.13. The number of aromatic hydroxyl groups is 1. The first-order valence-corrected chi connectivity index (χ1v) is 5.97. The van der Waals surface area contributed by atoms with Crippen LogP contribution in [0.15, 0.2) is 18.2 Å². The van der Waals surface area contributed by atoms with E-state index < -0.39 is 0 Å². The predicted molar refractivity (Wildman–Crippen MR) is 69.0 cm³/mol. The molecule has 0 spiro atoms. The molecule has 0 aromatic heterocycles. The first-order valence-electron chi connectivity index (χ1n) is 5.97. The number of rotatable bonds is 5. The molecule has 1 amide bonds. The van der Waals surface area contributed by atoms with Crippen molar-refractivity contribution in [2.45, 2.75) is 39.2 Å².